The lowest BCUT2D eigenvalue weighted by Gasteiger charge is -2.18. The highest BCUT2D eigenvalue weighted by Crippen LogP contribution is 2.20. The van der Waals surface area contributed by atoms with Crippen LogP contribution < -0.4 is 11.1 Å². The van der Waals surface area contributed by atoms with E-state index in [1.54, 1.807) is 6.92 Å². The van der Waals surface area contributed by atoms with Crippen molar-refractivity contribution >= 4 is 16.7 Å². The molecule has 0 aliphatic rings. The molecular weight excluding hydrogens is 224 g/mol. The zero-order chi connectivity index (χ0) is 13.1. The SMILES string of the molecule is CC(NC(C)c1ccc2ccccc2c1)C(N)=O. The molecule has 2 rings (SSSR count). The van der Waals surface area contributed by atoms with Crippen molar-refractivity contribution in [3.8, 4) is 0 Å². The summed E-state index contributed by atoms with van der Waals surface area (Å²) in [6.45, 7) is 3.81. The number of amides is 1. The lowest BCUT2D eigenvalue weighted by Crippen LogP contribution is -2.39. The van der Waals surface area contributed by atoms with Crippen LogP contribution in [0.25, 0.3) is 10.8 Å². The topological polar surface area (TPSA) is 55.1 Å². The van der Waals surface area contributed by atoms with Gasteiger partial charge in [0.2, 0.25) is 5.91 Å². The third-order valence-electron chi connectivity index (χ3n) is 3.20. The Balaban J connectivity index is 2.22. The number of carbonyl (C=O) groups excluding carboxylic acids is 1. The molecule has 1 amide bonds. The Labute approximate surface area is 107 Å². The van der Waals surface area contributed by atoms with Crippen LogP contribution in [-0.4, -0.2) is 11.9 Å². The van der Waals surface area contributed by atoms with Crippen LogP contribution >= 0.6 is 0 Å². The van der Waals surface area contributed by atoms with E-state index < -0.39 is 0 Å². The minimum absolute atomic E-state index is 0.0945. The molecular formula is C15H18N2O. The Kier molecular flexibility index (Phi) is 3.63. The van der Waals surface area contributed by atoms with Crippen molar-refractivity contribution in [1.29, 1.82) is 0 Å². The number of fused-ring (bicyclic) bond motifs is 1. The summed E-state index contributed by atoms with van der Waals surface area (Å²) in [5.41, 5.74) is 6.41. The lowest BCUT2D eigenvalue weighted by molar-refractivity contribution is -0.119. The highest BCUT2D eigenvalue weighted by molar-refractivity contribution is 5.83. The van der Waals surface area contributed by atoms with Gasteiger partial charge >= 0.3 is 0 Å². The van der Waals surface area contributed by atoms with Crippen molar-refractivity contribution in [2.75, 3.05) is 0 Å². The van der Waals surface area contributed by atoms with Gasteiger partial charge in [0.15, 0.2) is 0 Å². The third kappa shape index (κ3) is 2.68. The van der Waals surface area contributed by atoms with Gasteiger partial charge in [-0.3, -0.25) is 10.1 Å². The summed E-state index contributed by atoms with van der Waals surface area (Å²) < 4.78 is 0. The number of primary amides is 1. The van der Waals surface area contributed by atoms with E-state index >= 15 is 0 Å². The molecule has 0 radical (unpaired) electrons. The van der Waals surface area contributed by atoms with Crippen LogP contribution in [0.4, 0.5) is 0 Å². The number of nitrogens with one attached hydrogen (secondary N) is 1. The second-order valence-electron chi connectivity index (χ2n) is 4.62. The fraction of sp³-hybridized carbons (Fsp3) is 0.267. The molecule has 18 heavy (non-hydrogen) atoms. The number of carbonyl (C=O) groups is 1. The molecule has 0 aromatic heterocycles. The van der Waals surface area contributed by atoms with Crippen LogP contribution in [0.1, 0.15) is 25.5 Å². The summed E-state index contributed by atoms with van der Waals surface area (Å²) in [4.78, 5) is 11.0. The zero-order valence-corrected chi connectivity index (χ0v) is 10.7. The summed E-state index contributed by atoms with van der Waals surface area (Å²) in [7, 11) is 0. The molecule has 3 N–H and O–H groups in total. The van der Waals surface area contributed by atoms with E-state index in [0.29, 0.717) is 0 Å². The van der Waals surface area contributed by atoms with E-state index in [9.17, 15) is 4.79 Å². The first-order valence-electron chi connectivity index (χ1n) is 6.12. The highest BCUT2D eigenvalue weighted by Gasteiger charge is 2.13. The number of hydrogen-bond donors (Lipinski definition) is 2. The van der Waals surface area contributed by atoms with Gasteiger partial charge in [-0.2, -0.15) is 0 Å². The highest BCUT2D eigenvalue weighted by atomic mass is 16.1. The van der Waals surface area contributed by atoms with Crippen LogP contribution in [0.3, 0.4) is 0 Å². The summed E-state index contributed by atoms with van der Waals surface area (Å²) in [5, 5.41) is 5.61. The number of nitrogens with two attached hydrogens (primary N) is 1. The van der Waals surface area contributed by atoms with Crippen molar-refractivity contribution in [1.82, 2.24) is 5.32 Å². The van der Waals surface area contributed by atoms with E-state index in [0.717, 1.165) is 5.56 Å². The fourth-order valence-corrected chi connectivity index (χ4v) is 2.03. The smallest absolute Gasteiger partial charge is 0.234 e. The maximum absolute atomic E-state index is 11.0. The standard InChI is InChI=1S/C15H18N2O/c1-10(17-11(2)15(16)18)13-8-7-12-5-3-4-6-14(12)9-13/h3-11,17H,1-2H3,(H2,16,18). The van der Waals surface area contributed by atoms with E-state index in [-0.39, 0.29) is 18.0 Å². The largest absolute Gasteiger partial charge is 0.368 e. The van der Waals surface area contributed by atoms with Crippen LogP contribution in [0.15, 0.2) is 42.5 Å². The molecule has 0 heterocycles. The van der Waals surface area contributed by atoms with Crippen LogP contribution in [0, 0.1) is 0 Å². The summed E-state index contributed by atoms with van der Waals surface area (Å²) >= 11 is 0. The molecule has 0 aliphatic heterocycles. The fourth-order valence-electron chi connectivity index (χ4n) is 2.03. The maximum atomic E-state index is 11.0. The van der Waals surface area contributed by atoms with Crippen molar-refractivity contribution in [2.24, 2.45) is 5.73 Å². The Morgan fingerprint density at radius 1 is 1.11 bits per heavy atom. The quantitative estimate of drug-likeness (QED) is 0.864. The van der Waals surface area contributed by atoms with Gasteiger partial charge in [0.1, 0.15) is 0 Å². The van der Waals surface area contributed by atoms with E-state index in [2.05, 4.69) is 35.6 Å². The molecule has 2 aromatic rings. The Hall–Kier alpha value is -1.87. The van der Waals surface area contributed by atoms with Gasteiger partial charge in [0.05, 0.1) is 6.04 Å². The predicted molar refractivity (Wildman–Crippen MR) is 74.2 cm³/mol. The minimum Gasteiger partial charge on any atom is -0.368 e. The number of benzene rings is 2. The minimum atomic E-state index is -0.331. The Morgan fingerprint density at radius 3 is 2.44 bits per heavy atom. The van der Waals surface area contributed by atoms with Gasteiger partial charge in [0, 0.05) is 6.04 Å². The zero-order valence-electron chi connectivity index (χ0n) is 10.7. The normalized spacial score (nSPS) is 14.3. The van der Waals surface area contributed by atoms with E-state index in [4.69, 9.17) is 5.73 Å². The first kappa shape index (κ1) is 12.6. The van der Waals surface area contributed by atoms with Crippen LogP contribution in [0.2, 0.25) is 0 Å². The second kappa shape index (κ2) is 5.19. The molecule has 2 unspecified atom stereocenters. The van der Waals surface area contributed by atoms with Gasteiger partial charge < -0.3 is 5.73 Å². The molecule has 2 aromatic carbocycles. The Bertz CT molecular complexity index is 565. The molecule has 2 atom stereocenters. The van der Waals surface area contributed by atoms with Gasteiger partial charge in [-0.05, 0) is 36.2 Å². The monoisotopic (exact) mass is 242 g/mol. The van der Waals surface area contributed by atoms with Gasteiger partial charge in [-0.15, -0.1) is 0 Å². The van der Waals surface area contributed by atoms with Crippen LogP contribution in [-0.2, 0) is 4.79 Å². The third-order valence-corrected chi connectivity index (χ3v) is 3.20. The maximum Gasteiger partial charge on any atom is 0.234 e. The first-order valence-corrected chi connectivity index (χ1v) is 6.12. The molecule has 3 nitrogen and oxygen atoms in total. The van der Waals surface area contributed by atoms with Gasteiger partial charge in [-0.25, -0.2) is 0 Å². The lowest BCUT2D eigenvalue weighted by atomic mass is 10.0. The molecule has 0 spiro atoms. The Morgan fingerprint density at radius 2 is 1.78 bits per heavy atom. The van der Waals surface area contributed by atoms with E-state index in [1.807, 2.05) is 19.1 Å². The summed E-state index contributed by atoms with van der Waals surface area (Å²) in [6, 6.07) is 14.3. The van der Waals surface area contributed by atoms with Crippen LogP contribution in [0.5, 0.6) is 0 Å². The number of rotatable bonds is 4. The van der Waals surface area contributed by atoms with Gasteiger partial charge in [-0.1, -0.05) is 36.4 Å². The van der Waals surface area contributed by atoms with Crippen molar-refractivity contribution in [3.05, 3.63) is 48.0 Å². The molecule has 94 valence electrons. The molecule has 0 bridgehead atoms. The average Bonchev–Trinajstić information content (AvgIpc) is 2.37. The van der Waals surface area contributed by atoms with Crippen molar-refractivity contribution < 1.29 is 4.79 Å². The van der Waals surface area contributed by atoms with Crippen molar-refractivity contribution in [3.63, 3.8) is 0 Å². The van der Waals surface area contributed by atoms with E-state index in [1.165, 1.54) is 10.8 Å². The summed E-state index contributed by atoms with van der Waals surface area (Å²) in [6.07, 6.45) is 0. The first-order chi connectivity index (χ1) is 8.58. The molecule has 0 saturated carbocycles. The molecule has 3 heteroatoms. The predicted octanol–water partition coefficient (Wildman–Crippen LogP) is 2.36. The second-order valence-corrected chi connectivity index (χ2v) is 4.62. The molecule has 0 saturated heterocycles. The molecule has 0 fully saturated rings. The summed E-state index contributed by atoms with van der Waals surface area (Å²) in [5.74, 6) is -0.331. The van der Waals surface area contributed by atoms with Gasteiger partial charge in [0.25, 0.3) is 0 Å². The number of hydrogen-bond acceptors (Lipinski definition) is 2. The molecule has 0 aliphatic carbocycles. The average molecular weight is 242 g/mol. The van der Waals surface area contributed by atoms with Crippen molar-refractivity contribution in [2.45, 2.75) is 25.9 Å².